The number of aromatic nitrogens is 2. The number of alkyl halides is 3. The van der Waals surface area contributed by atoms with Crippen molar-refractivity contribution in [2.24, 2.45) is 0 Å². The molecule has 0 amide bonds. The zero-order valence-electron chi connectivity index (χ0n) is 9.43. The van der Waals surface area contributed by atoms with Crippen LogP contribution in [0, 0.1) is 11.3 Å². The predicted octanol–water partition coefficient (Wildman–Crippen LogP) is 1.63. The number of hydrogen-bond donors (Lipinski definition) is 0. The quantitative estimate of drug-likeness (QED) is 0.799. The minimum atomic E-state index is -4.69. The van der Waals surface area contributed by atoms with Crippen molar-refractivity contribution in [3.63, 3.8) is 0 Å². The molecule has 0 bridgehead atoms. The van der Waals surface area contributed by atoms with Gasteiger partial charge in [0, 0.05) is 12.5 Å². The lowest BCUT2D eigenvalue weighted by Crippen LogP contribution is -2.07. The van der Waals surface area contributed by atoms with Gasteiger partial charge < -0.3 is 0 Å². The molecular formula is C10H6F3N3O2S. The fourth-order valence-electron chi connectivity index (χ4n) is 1.63. The van der Waals surface area contributed by atoms with Crippen LogP contribution in [0.5, 0.6) is 0 Å². The molecule has 0 aromatic carbocycles. The Balaban J connectivity index is 2.97. The lowest BCUT2D eigenvalue weighted by Gasteiger charge is -2.07. The van der Waals surface area contributed by atoms with E-state index in [1.807, 2.05) is 0 Å². The van der Waals surface area contributed by atoms with Crippen LogP contribution >= 0.6 is 0 Å². The molecule has 0 aliphatic rings. The third kappa shape index (κ3) is 2.15. The van der Waals surface area contributed by atoms with E-state index < -0.39 is 37.9 Å². The molecular weight excluding hydrogens is 283 g/mol. The highest BCUT2D eigenvalue weighted by Crippen LogP contribution is 2.33. The van der Waals surface area contributed by atoms with Crippen molar-refractivity contribution in [3.05, 3.63) is 29.6 Å². The molecule has 0 radical (unpaired) electrons. The number of nitrogens with zero attached hydrogens (tertiary/aromatic N) is 3. The Morgan fingerprint density at radius 1 is 1.42 bits per heavy atom. The summed E-state index contributed by atoms with van der Waals surface area (Å²) in [4.78, 5) is 3.45. The summed E-state index contributed by atoms with van der Waals surface area (Å²) in [6.07, 6.45) is -2.75. The molecule has 9 heteroatoms. The Bertz CT molecular complexity index is 800. The van der Waals surface area contributed by atoms with E-state index in [2.05, 4.69) is 4.98 Å². The van der Waals surface area contributed by atoms with Crippen LogP contribution in [0.2, 0.25) is 0 Å². The number of nitriles is 1. The van der Waals surface area contributed by atoms with Crippen LogP contribution in [0.25, 0.3) is 5.65 Å². The zero-order chi connectivity index (χ0) is 14.4. The van der Waals surface area contributed by atoms with Gasteiger partial charge in [0.1, 0.15) is 6.07 Å². The highest BCUT2D eigenvalue weighted by molar-refractivity contribution is 7.90. The normalized spacial score (nSPS) is 12.6. The molecule has 19 heavy (non-hydrogen) atoms. The second kappa shape index (κ2) is 3.96. The van der Waals surface area contributed by atoms with E-state index in [0.29, 0.717) is 0 Å². The third-order valence-electron chi connectivity index (χ3n) is 2.38. The molecule has 2 aromatic heterocycles. The van der Waals surface area contributed by atoms with Crippen LogP contribution in [0.15, 0.2) is 23.4 Å². The fourth-order valence-corrected chi connectivity index (χ4v) is 2.38. The first-order chi connectivity index (χ1) is 8.66. The Hall–Kier alpha value is -2.08. The summed E-state index contributed by atoms with van der Waals surface area (Å²) in [6.45, 7) is 0. The molecule has 0 spiro atoms. The second-order valence-electron chi connectivity index (χ2n) is 3.76. The number of rotatable bonds is 1. The van der Waals surface area contributed by atoms with E-state index in [9.17, 15) is 21.6 Å². The molecule has 0 saturated carbocycles. The lowest BCUT2D eigenvalue weighted by molar-refractivity contribution is -0.136. The van der Waals surface area contributed by atoms with Crippen molar-refractivity contribution in [2.75, 3.05) is 6.26 Å². The predicted molar refractivity (Wildman–Crippen MR) is 58.0 cm³/mol. The van der Waals surface area contributed by atoms with Crippen molar-refractivity contribution in [2.45, 2.75) is 11.2 Å². The first-order valence-corrected chi connectivity index (χ1v) is 6.74. The summed E-state index contributed by atoms with van der Waals surface area (Å²) in [6, 6.07) is 3.40. The molecule has 2 heterocycles. The molecule has 0 N–H and O–H groups in total. The third-order valence-corrected chi connectivity index (χ3v) is 3.37. The molecule has 0 aliphatic heterocycles. The minimum absolute atomic E-state index is 0.441. The van der Waals surface area contributed by atoms with Crippen LogP contribution in [0.3, 0.4) is 0 Å². The summed E-state index contributed by atoms with van der Waals surface area (Å²) in [7, 11) is -3.89. The van der Waals surface area contributed by atoms with Gasteiger partial charge in [-0.15, -0.1) is 0 Å². The Morgan fingerprint density at radius 3 is 2.53 bits per heavy atom. The number of imidazole rings is 1. The van der Waals surface area contributed by atoms with Gasteiger partial charge in [-0.2, -0.15) is 18.4 Å². The smallest absolute Gasteiger partial charge is 0.290 e. The van der Waals surface area contributed by atoms with Gasteiger partial charge in [-0.3, -0.25) is 4.40 Å². The second-order valence-corrected chi connectivity index (χ2v) is 5.69. The van der Waals surface area contributed by atoms with E-state index >= 15 is 0 Å². The van der Waals surface area contributed by atoms with Gasteiger partial charge in [0.05, 0.1) is 5.56 Å². The Kier molecular flexibility index (Phi) is 2.78. The van der Waals surface area contributed by atoms with E-state index in [1.165, 1.54) is 0 Å². The maximum atomic E-state index is 12.8. The lowest BCUT2D eigenvalue weighted by atomic mass is 10.2. The molecule has 5 nitrogen and oxygen atoms in total. The largest absolute Gasteiger partial charge is 0.419 e. The number of pyridine rings is 1. The molecule has 0 fully saturated rings. The van der Waals surface area contributed by atoms with Crippen LogP contribution in [0.4, 0.5) is 13.2 Å². The summed E-state index contributed by atoms with van der Waals surface area (Å²) in [5.74, 6) is 0. The van der Waals surface area contributed by atoms with E-state index in [-0.39, 0.29) is 0 Å². The van der Waals surface area contributed by atoms with Crippen molar-refractivity contribution in [3.8, 4) is 6.07 Å². The van der Waals surface area contributed by atoms with Crippen molar-refractivity contribution >= 4 is 15.5 Å². The van der Waals surface area contributed by atoms with Crippen LogP contribution in [-0.2, 0) is 16.0 Å². The maximum Gasteiger partial charge on any atom is 0.419 e. The topological polar surface area (TPSA) is 75.2 Å². The van der Waals surface area contributed by atoms with Crippen LogP contribution < -0.4 is 0 Å². The van der Waals surface area contributed by atoms with Crippen molar-refractivity contribution < 1.29 is 21.6 Å². The standard InChI is InChI=1S/C10H6F3N3O2S/c1-19(17,18)9-7(5-14)16-4-2-3-6(8(16)15-9)10(11,12)13/h2-4H,1H3. The molecule has 0 unspecified atom stereocenters. The molecule has 0 atom stereocenters. The summed E-state index contributed by atoms with van der Waals surface area (Å²) in [5.41, 5.74) is -2.14. The number of hydrogen-bond acceptors (Lipinski definition) is 4. The van der Waals surface area contributed by atoms with Gasteiger partial charge in [-0.05, 0) is 12.1 Å². The first-order valence-electron chi connectivity index (χ1n) is 4.84. The minimum Gasteiger partial charge on any atom is -0.290 e. The number of fused-ring (bicyclic) bond motifs is 1. The number of halogens is 3. The number of sulfone groups is 1. The summed E-state index contributed by atoms with van der Waals surface area (Å²) < 4.78 is 62.0. The average molecular weight is 289 g/mol. The summed E-state index contributed by atoms with van der Waals surface area (Å²) in [5, 5.41) is 8.25. The average Bonchev–Trinajstić information content (AvgIpc) is 2.65. The van der Waals surface area contributed by atoms with Crippen LogP contribution in [0.1, 0.15) is 11.3 Å². The van der Waals surface area contributed by atoms with Crippen molar-refractivity contribution in [1.29, 1.82) is 5.26 Å². The molecule has 2 rings (SSSR count). The first kappa shape index (κ1) is 13.4. The van der Waals surface area contributed by atoms with Gasteiger partial charge in [0.25, 0.3) is 0 Å². The van der Waals surface area contributed by atoms with Gasteiger partial charge in [-0.25, -0.2) is 13.4 Å². The highest BCUT2D eigenvalue weighted by atomic mass is 32.2. The molecule has 2 aromatic rings. The fraction of sp³-hybridized carbons (Fsp3) is 0.200. The highest BCUT2D eigenvalue weighted by Gasteiger charge is 2.35. The van der Waals surface area contributed by atoms with Gasteiger partial charge >= 0.3 is 6.18 Å². The Labute approximate surface area is 105 Å². The zero-order valence-corrected chi connectivity index (χ0v) is 10.2. The van der Waals surface area contributed by atoms with Gasteiger partial charge in [-0.1, -0.05) is 0 Å². The SMILES string of the molecule is CS(=O)(=O)c1nc2c(C(F)(F)F)cccn2c1C#N. The molecule has 0 aliphatic carbocycles. The van der Waals surface area contributed by atoms with Gasteiger partial charge in [0.15, 0.2) is 26.2 Å². The molecule has 100 valence electrons. The molecule has 0 saturated heterocycles. The van der Waals surface area contributed by atoms with E-state index in [4.69, 9.17) is 5.26 Å². The van der Waals surface area contributed by atoms with E-state index in [0.717, 1.165) is 29.0 Å². The maximum absolute atomic E-state index is 12.8. The van der Waals surface area contributed by atoms with Crippen LogP contribution in [-0.4, -0.2) is 24.1 Å². The van der Waals surface area contributed by atoms with Gasteiger partial charge in [0.2, 0.25) is 0 Å². The van der Waals surface area contributed by atoms with E-state index in [1.54, 1.807) is 6.07 Å². The summed E-state index contributed by atoms with van der Waals surface area (Å²) >= 11 is 0. The monoisotopic (exact) mass is 289 g/mol. The van der Waals surface area contributed by atoms with Crippen molar-refractivity contribution in [1.82, 2.24) is 9.38 Å². The Morgan fingerprint density at radius 2 is 2.05 bits per heavy atom.